The van der Waals surface area contributed by atoms with Crippen LogP contribution in [0.2, 0.25) is 0 Å². The molecule has 0 unspecified atom stereocenters. The summed E-state index contributed by atoms with van der Waals surface area (Å²) in [7, 11) is 0. The molecule has 0 spiro atoms. The lowest BCUT2D eigenvalue weighted by molar-refractivity contribution is 0.164. The molecule has 0 rings (SSSR count). The number of hydrazine groups is 1. The maximum Gasteiger partial charge on any atom is 0.203 e. The van der Waals surface area contributed by atoms with Crippen molar-refractivity contribution in [3.05, 3.63) is 12.2 Å². The van der Waals surface area contributed by atoms with Crippen molar-refractivity contribution >= 4 is 5.96 Å². The molecule has 0 saturated carbocycles. The van der Waals surface area contributed by atoms with Gasteiger partial charge in [-0.1, -0.05) is 12.2 Å². The van der Waals surface area contributed by atoms with Crippen LogP contribution in [0.25, 0.3) is 0 Å². The minimum Gasteiger partial charge on any atom is -0.375 e. The minimum absolute atomic E-state index is 0.217. The van der Waals surface area contributed by atoms with E-state index in [1.165, 1.54) is 0 Å². The molecule has 0 aromatic carbocycles. The maximum absolute atomic E-state index is 5.26. The fourth-order valence-corrected chi connectivity index (χ4v) is 0.523. The summed E-state index contributed by atoms with van der Waals surface area (Å²) < 4.78 is 5.16. The van der Waals surface area contributed by atoms with Gasteiger partial charge in [-0.05, 0) is 6.92 Å². The largest absolute Gasteiger partial charge is 0.375 e. The van der Waals surface area contributed by atoms with Crippen molar-refractivity contribution in [2.45, 2.75) is 6.92 Å². The molecule has 0 aromatic rings. The van der Waals surface area contributed by atoms with E-state index in [2.05, 4.69) is 17.0 Å². The number of ether oxygens (including phenoxy) is 1. The number of aliphatic imine (C=N–C) groups is 1. The van der Waals surface area contributed by atoms with E-state index >= 15 is 0 Å². The van der Waals surface area contributed by atoms with E-state index in [0.717, 1.165) is 5.57 Å². The number of nitrogens with one attached hydrogen (secondary N) is 1. The van der Waals surface area contributed by atoms with Gasteiger partial charge in [0.2, 0.25) is 5.96 Å². The van der Waals surface area contributed by atoms with Crippen molar-refractivity contribution in [2.75, 3.05) is 19.8 Å². The average Bonchev–Trinajstić information content (AvgIpc) is 2.03. The third kappa shape index (κ3) is 7.04. The van der Waals surface area contributed by atoms with Crippen LogP contribution in [-0.2, 0) is 4.74 Å². The van der Waals surface area contributed by atoms with Crippen molar-refractivity contribution in [3.8, 4) is 0 Å². The molecule has 5 N–H and O–H groups in total. The molecule has 0 bridgehead atoms. The van der Waals surface area contributed by atoms with Gasteiger partial charge in [-0.3, -0.25) is 5.43 Å². The van der Waals surface area contributed by atoms with E-state index in [4.69, 9.17) is 16.3 Å². The zero-order valence-corrected chi connectivity index (χ0v) is 7.34. The molecule has 0 aromatic heterocycles. The normalized spacial score (nSPS) is 11.3. The molecule has 0 amide bonds. The molecule has 5 heteroatoms. The molecule has 0 atom stereocenters. The summed E-state index contributed by atoms with van der Waals surface area (Å²) in [6, 6.07) is 0. The Balaban J connectivity index is 3.27. The first-order valence-electron chi connectivity index (χ1n) is 3.65. The van der Waals surface area contributed by atoms with Gasteiger partial charge in [0.05, 0.1) is 19.8 Å². The summed E-state index contributed by atoms with van der Waals surface area (Å²) in [5.41, 5.74) is 8.46. The number of guanidine groups is 1. The fourth-order valence-electron chi connectivity index (χ4n) is 0.523. The second-order valence-corrected chi connectivity index (χ2v) is 2.42. The van der Waals surface area contributed by atoms with E-state index < -0.39 is 0 Å². The zero-order chi connectivity index (χ0) is 9.40. The van der Waals surface area contributed by atoms with Crippen LogP contribution >= 0.6 is 0 Å². The molecular weight excluding hydrogens is 156 g/mol. The highest BCUT2D eigenvalue weighted by atomic mass is 16.5. The predicted molar refractivity (Wildman–Crippen MR) is 49.4 cm³/mol. The van der Waals surface area contributed by atoms with Gasteiger partial charge in [-0.2, -0.15) is 0 Å². The fraction of sp³-hybridized carbons (Fsp3) is 0.571. The van der Waals surface area contributed by atoms with Crippen LogP contribution in [-0.4, -0.2) is 25.7 Å². The Bertz CT molecular complexity index is 167. The molecule has 5 nitrogen and oxygen atoms in total. The molecule has 0 aliphatic carbocycles. The summed E-state index contributed by atoms with van der Waals surface area (Å²) in [6.07, 6.45) is 0. The van der Waals surface area contributed by atoms with Crippen molar-refractivity contribution in [1.82, 2.24) is 5.43 Å². The Kier molecular flexibility index (Phi) is 6.04. The third-order valence-corrected chi connectivity index (χ3v) is 1.01. The Morgan fingerprint density at radius 3 is 2.83 bits per heavy atom. The first-order chi connectivity index (χ1) is 5.66. The predicted octanol–water partition coefficient (Wildman–Crippen LogP) is -0.643. The van der Waals surface area contributed by atoms with Crippen molar-refractivity contribution in [3.63, 3.8) is 0 Å². The van der Waals surface area contributed by atoms with E-state index in [1.54, 1.807) is 0 Å². The third-order valence-electron chi connectivity index (χ3n) is 1.01. The van der Waals surface area contributed by atoms with Crippen LogP contribution < -0.4 is 17.0 Å². The summed E-state index contributed by atoms with van der Waals surface area (Å²) in [4.78, 5) is 3.84. The lowest BCUT2D eigenvalue weighted by Gasteiger charge is -2.01. The molecule has 0 heterocycles. The van der Waals surface area contributed by atoms with Crippen LogP contribution in [0.15, 0.2) is 17.1 Å². The number of hydrogen-bond acceptors (Lipinski definition) is 3. The standard InChI is InChI=1S/C7H16N4O/c1-6(2)5-12-4-3-10-7(8)11-9/h1,3-5,9H2,2H3,(H3,8,10,11). The van der Waals surface area contributed by atoms with E-state index in [-0.39, 0.29) is 5.96 Å². The highest BCUT2D eigenvalue weighted by Crippen LogP contribution is 1.87. The topological polar surface area (TPSA) is 85.7 Å². The number of rotatable bonds is 5. The molecule has 0 aliphatic heterocycles. The van der Waals surface area contributed by atoms with Crippen molar-refractivity contribution in [1.29, 1.82) is 0 Å². The second-order valence-electron chi connectivity index (χ2n) is 2.42. The Morgan fingerprint density at radius 2 is 2.33 bits per heavy atom. The van der Waals surface area contributed by atoms with Gasteiger partial charge in [0.15, 0.2) is 0 Å². The second kappa shape index (κ2) is 6.63. The Labute approximate surface area is 72.4 Å². The van der Waals surface area contributed by atoms with Gasteiger partial charge in [0, 0.05) is 0 Å². The molecule has 0 radical (unpaired) electrons. The van der Waals surface area contributed by atoms with Gasteiger partial charge in [0.25, 0.3) is 0 Å². The van der Waals surface area contributed by atoms with Gasteiger partial charge in [-0.15, -0.1) is 0 Å². The minimum atomic E-state index is 0.217. The lowest BCUT2D eigenvalue weighted by Crippen LogP contribution is -2.37. The van der Waals surface area contributed by atoms with Crippen LogP contribution in [0.4, 0.5) is 0 Å². The van der Waals surface area contributed by atoms with E-state index in [1.807, 2.05) is 6.92 Å². The van der Waals surface area contributed by atoms with Crippen LogP contribution in [0, 0.1) is 0 Å². The maximum atomic E-state index is 5.26. The number of hydrogen-bond donors (Lipinski definition) is 3. The molecule has 0 saturated heterocycles. The summed E-state index contributed by atoms with van der Waals surface area (Å²) >= 11 is 0. The molecule has 0 aliphatic rings. The first-order valence-corrected chi connectivity index (χ1v) is 3.65. The quantitative estimate of drug-likeness (QED) is 0.128. The molecule has 12 heavy (non-hydrogen) atoms. The monoisotopic (exact) mass is 172 g/mol. The van der Waals surface area contributed by atoms with Crippen LogP contribution in [0.1, 0.15) is 6.92 Å². The van der Waals surface area contributed by atoms with Gasteiger partial charge >= 0.3 is 0 Å². The Morgan fingerprint density at radius 1 is 1.67 bits per heavy atom. The highest BCUT2D eigenvalue weighted by Gasteiger charge is 1.88. The number of nitrogens with zero attached hydrogens (tertiary/aromatic N) is 1. The summed E-state index contributed by atoms with van der Waals surface area (Å²) in [5.74, 6) is 5.19. The first kappa shape index (κ1) is 10.9. The van der Waals surface area contributed by atoms with Crippen LogP contribution in [0.3, 0.4) is 0 Å². The van der Waals surface area contributed by atoms with Gasteiger partial charge in [0.1, 0.15) is 0 Å². The SMILES string of the molecule is C=C(C)COCCN=C(N)NN. The molecule has 0 fully saturated rings. The molecular formula is C7H16N4O. The summed E-state index contributed by atoms with van der Waals surface area (Å²) in [6.45, 7) is 7.18. The van der Waals surface area contributed by atoms with Gasteiger partial charge < -0.3 is 10.5 Å². The smallest absolute Gasteiger partial charge is 0.203 e. The average molecular weight is 172 g/mol. The number of nitrogens with two attached hydrogens (primary N) is 2. The van der Waals surface area contributed by atoms with Crippen molar-refractivity contribution in [2.24, 2.45) is 16.6 Å². The zero-order valence-electron chi connectivity index (χ0n) is 7.34. The highest BCUT2D eigenvalue weighted by molar-refractivity contribution is 5.77. The Hall–Kier alpha value is -1.07. The van der Waals surface area contributed by atoms with Gasteiger partial charge in [-0.25, -0.2) is 10.8 Å². The summed E-state index contributed by atoms with van der Waals surface area (Å²) in [5, 5.41) is 0. The van der Waals surface area contributed by atoms with Crippen LogP contribution in [0.5, 0.6) is 0 Å². The molecule has 70 valence electrons. The van der Waals surface area contributed by atoms with Crippen molar-refractivity contribution < 1.29 is 4.74 Å². The lowest BCUT2D eigenvalue weighted by atomic mass is 10.4. The van der Waals surface area contributed by atoms with E-state index in [9.17, 15) is 0 Å². The van der Waals surface area contributed by atoms with E-state index in [0.29, 0.717) is 19.8 Å².